The van der Waals surface area contributed by atoms with Gasteiger partial charge in [0.05, 0.1) is 17.7 Å². The zero-order valence-electron chi connectivity index (χ0n) is 14.3. The SMILES string of the molecule is COCCNCc1cccc(-c2ccnc3c(C(F)(F)F)cccc23)c1. The highest BCUT2D eigenvalue weighted by Gasteiger charge is 2.33. The lowest BCUT2D eigenvalue weighted by Gasteiger charge is -2.13. The average molecular weight is 360 g/mol. The number of alkyl halides is 3. The molecule has 0 spiro atoms. The van der Waals surface area contributed by atoms with Gasteiger partial charge < -0.3 is 10.1 Å². The molecule has 0 radical (unpaired) electrons. The summed E-state index contributed by atoms with van der Waals surface area (Å²) < 4.78 is 44.8. The first kappa shape index (κ1) is 18.4. The fraction of sp³-hybridized carbons (Fsp3) is 0.250. The third-order valence-corrected chi connectivity index (χ3v) is 4.13. The third kappa shape index (κ3) is 4.03. The summed E-state index contributed by atoms with van der Waals surface area (Å²) in [4.78, 5) is 3.98. The number of fused-ring (bicyclic) bond motifs is 1. The topological polar surface area (TPSA) is 34.1 Å². The van der Waals surface area contributed by atoms with Crippen LogP contribution < -0.4 is 5.32 Å². The first-order valence-electron chi connectivity index (χ1n) is 8.24. The van der Waals surface area contributed by atoms with Gasteiger partial charge in [-0.25, -0.2) is 0 Å². The van der Waals surface area contributed by atoms with E-state index in [-0.39, 0.29) is 5.52 Å². The van der Waals surface area contributed by atoms with Gasteiger partial charge in [0.25, 0.3) is 0 Å². The second-order valence-electron chi connectivity index (χ2n) is 5.93. The molecule has 0 saturated heterocycles. The van der Waals surface area contributed by atoms with E-state index in [4.69, 9.17) is 4.74 Å². The van der Waals surface area contributed by atoms with Crippen LogP contribution in [-0.2, 0) is 17.5 Å². The Labute approximate surface area is 149 Å². The van der Waals surface area contributed by atoms with Crippen LogP contribution in [0.25, 0.3) is 22.0 Å². The molecule has 0 atom stereocenters. The van der Waals surface area contributed by atoms with E-state index in [0.717, 1.165) is 29.3 Å². The molecule has 0 aliphatic carbocycles. The molecule has 0 fully saturated rings. The first-order valence-corrected chi connectivity index (χ1v) is 8.24. The number of nitrogens with one attached hydrogen (secondary N) is 1. The van der Waals surface area contributed by atoms with Gasteiger partial charge in [-0.2, -0.15) is 13.2 Å². The van der Waals surface area contributed by atoms with Gasteiger partial charge in [-0.15, -0.1) is 0 Å². The van der Waals surface area contributed by atoms with Crippen molar-refractivity contribution in [2.45, 2.75) is 12.7 Å². The monoisotopic (exact) mass is 360 g/mol. The maximum absolute atomic E-state index is 13.3. The second kappa shape index (κ2) is 7.85. The number of ether oxygens (including phenoxy) is 1. The predicted molar refractivity (Wildman–Crippen MR) is 95.8 cm³/mol. The lowest BCUT2D eigenvalue weighted by atomic mass is 9.98. The maximum Gasteiger partial charge on any atom is 0.418 e. The zero-order valence-corrected chi connectivity index (χ0v) is 14.3. The van der Waals surface area contributed by atoms with Crippen LogP contribution in [0.1, 0.15) is 11.1 Å². The van der Waals surface area contributed by atoms with E-state index >= 15 is 0 Å². The molecule has 3 nitrogen and oxygen atoms in total. The Kier molecular flexibility index (Phi) is 5.54. The van der Waals surface area contributed by atoms with Gasteiger partial charge in [-0.1, -0.05) is 30.3 Å². The highest BCUT2D eigenvalue weighted by atomic mass is 19.4. The van der Waals surface area contributed by atoms with Gasteiger partial charge in [-0.05, 0) is 34.9 Å². The number of hydrogen-bond acceptors (Lipinski definition) is 3. The van der Waals surface area contributed by atoms with Crippen molar-refractivity contribution in [3.05, 3.63) is 65.9 Å². The molecular formula is C20H19F3N2O. The molecule has 0 amide bonds. The molecule has 0 unspecified atom stereocenters. The standard InChI is InChI=1S/C20H19F3N2O/c1-26-11-10-24-13-14-4-2-5-15(12-14)16-8-9-25-19-17(16)6-3-7-18(19)20(21,22)23/h2-9,12,24H,10-11,13H2,1H3. The summed E-state index contributed by atoms with van der Waals surface area (Å²) in [6.07, 6.45) is -3.01. The Morgan fingerprint density at radius 1 is 1.08 bits per heavy atom. The molecular weight excluding hydrogens is 341 g/mol. The van der Waals surface area contributed by atoms with E-state index in [1.165, 1.54) is 12.3 Å². The summed E-state index contributed by atoms with van der Waals surface area (Å²) in [7, 11) is 1.64. The molecule has 0 saturated carbocycles. The maximum atomic E-state index is 13.3. The first-order chi connectivity index (χ1) is 12.5. The van der Waals surface area contributed by atoms with Crippen LogP contribution in [-0.4, -0.2) is 25.2 Å². The van der Waals surface area contributed by atoms with E-state index in [2.05, 4.69) is 10.3 Å². The normalized spacial score (nSPS) is 11.8. The lowest BCUT2D eigenvalue weighted by Crippen LogP contribution is -2.18. The number of hydrogen-bond donors (Lipinski definition) is 1. The Balaban J connectivity index is 1.98. The molecule has 0 aliphatic rings. The summed E-state index contributed by atoms with van der Waals surface area (Å²) in [5.74, 6) is 0. The number of pyridine rings is 1. The number of halogens is 3. The van der Waals surface area contributed by atoms with Crippen molar-refractivity contribution in [2.75, 3.05) is 20.3 Å². The minimum atomic E-state index is -4.43. The quantitative estimate of drug-likeness (QED) is 0.650. The fourth-order valence-electron chi connectivity index (χ4n) is 2.91. The van der Waals surface area contributed by atoms with Crippen molar-refractivity contribution in [1.82, 2.24) is 10.3 Å². The van der Waals surface area contributed by atoms with Crippen molar-refractivity contribution >= 4 is 10.9 Å². The van der Waals surface area contributed by atoms with Crippen LogP contribution in [0, 0.1) is 0 Å². The Bertz CT molecular complexity index is 894. The Morgan fingerprint density at radius 3 is 2.65 bits per heavy atom. The van der Waals surface area contributed by atoms with E-state index in [0.29, 0.717) is 18.5 Å². The summed E-state index contributed by atoms with van der Waals surface area (Å²) >= 11 is 0. The van der Waals surface area contributed by atoms with Gasteiger partial charge in [0.2, 0.25) is 0 Å². The number of methoxy groups -OCH3 is 1. The predicted octanol–water partition coefficient (Wildman–Crippen LogP) is 4.66. The van der Waals surface area contributed by atoms with E-state index in [1.54, 1.807) is 19.2 Å². The molecule has 1 N–H and O–H groups in total. The third-order valence-electron chi connectivity index (χ3n) is 4.13. The van der Waals surface area contributed by atoms with E-state index < -0.39 is 11.7 Å². The lowest BCUT2D eigenvalue weighted by molar-refractivity contribution is -0.136. The number of benzene rings is 2. The van der Waals surface area contributed by atoms with E-state index in [9.17, 15) is 13.2 Å². The van der Waals surface area contributed by atoms with Crippen molar-refractivity contribution in [3.63, 3.8) is 0 Å². The largest absolute Gasteiger partial charge is 0.418 e. The minimum absolute atomic E-state index is 0.0267. The molecule has 3 rings (SSSR count). The fourth-order valence-corrected chi connectivity index (χ4v) is 2.91. The summed E-state index contributed by atoms with van der Waals surface area (Å²) in [6.45, 7) is 2.01. The van der Waals surface area contributed by atoms with Gasteiger partial charge >= 0.3 is 6.18 Å². The molecule has 3 aromatic rings. The molecule has 136 valence electrons. The second-order valence-corrected chi connectivity index (χ2v) is 5.93. The van der Waals surface area contributed by atoms with Crippen molar-refractivity contribution < 1.29 is 17.9 Å². The van der Waals surface area contributed by atoms with Crippen LogP contribution >= 0.6 is 0 Å². The number of para-hydroxylation sites is 1. The van der Waals surface area contributed by atoms with Crippen LogP contribution in [0.2, 0.25) is 0 Å². The van der Waals surface area contributed by atoms with Crippen LogP contribution in [0.15, 0.2) is 54.7 Å². The smallest absolute Gasteiger partial charge is 0.383 e. The van der Waals surface area contributed by atoms with Crippen molar-refractivity contribution in [3.8, 4) is 11.1 Å². The zero-order chi connectivity index (χ0) is 18.6. The van der Waals surface area contributed by atoms with Gasteiger partial charge in [-0.3, -0.25) is 4.98 Å². The summed E-state index contributed by atoms with van der Waals surface area (Å²) in [5, 5.41) is 3.75. The molecule has 0 aliphatic heterocycles. The van der Waals surface area contributed by atoms with Crippen LogP contribution in [0.4, 0.5) is 13.2 Å². The molecule has 1 heterocycles. The summed E-state index contributed by atoms with van der Waals surface area (Å²) in [5.41, 5.74) is 1.91. The molecule has 6 heteroatoms. The Morgan fingerprint density at radius 2 is 1.88 bits per heavy atom. The van der Waals surface area contributed by atoms with Crippen LogP contribution in [0.5, 0.6) is 0 Å². The minimum Gasteiger partial charge on any atom is -0.383 e. The molecule has 0 bridgehead atoms. The highest BCUT2D eigenvalue weighted by molar-refractivity contribution is 5.96. The summed E-state index contributed by atoms with van der Waals surface area (Å²) in [6, 6.07) is 13.7. The van der Waals surface area contributed by atoms with Gasteiger partial charge in [0.15, 0.2) is 0 Å². The van der Waals surface area contributed by atoms with Gasteiger partial charge in [0.1, 0.15) is 0 Å². The number of nitrogens with zero attached hydrogens (tertiary/aromatic N) is 1. The molecule has 1 aromatic heterocycles. The van der Waals surface area contributed by atoms with E-state index in [1.807, 2.05) is 24.3 Å². The number of aromatic nitrogens is 1. The van der Waals surface area contributed by atoms with Crippen molar-refractivity contribution in [2.24, 2.45) is 0 Å². The Hall–Kier alpha value is -2.44. The highest BCUT2D eigenvalue weighted by Crippen LogP contribution is 2.36. The average Bonchev–Trinajstić information content (AvgIpc) is 2.64. The number of rotatable bonds is 6. The molecule has 26 heavy (non-hydrogen) atoms. The van der Waals surface area contributed by atoms with Crippen LogP contribution in [0.3, 0.4) is 0 Å². The molecule has 2 aromatic carbocycles. The van der Waals surface area contributed by atoms with Gasteiger partial charge in [0, 0.05) is 31.8 Å². The van der Waals surface area contributed by atoms with Crippen molar-refractivity contribution in [1.29, 1.82) is 0 Å².